The van der Waals surface area contributed by atoms with Gasteiger partial charge in [0.15, 0.2) is 0 Å². The molecule has 1 aromatic rings. The van der Waals surface area contributed by atoms with Gasteiger partial charge in [-0.25, -0.2) is 12.7 Å². The molecule has 0 amide bonds. The summed E-state index contributed by atoms with van der Waals surface area (Å²) in [5.41, 5.74) is 0.638. The van der Waals surface area contributed by atoms with E-state index in [0.29, 0.717) is 15.1 Å². The van der Waals surface area contributed by atoms with E-state index in [-0.39, 0.29) is 18.9 Å². The molecular weight excluding hydrogens is 330 g/mol. The summed E-state index contributed by atoms with van der Waals surface area (Å²) < 4.78 is 25.6. The number of hydrogen-bond donors (Lipinski definition) is 1. The first-order chi connectivity index (χ1) is 7.86. The van der Waals surface area contributed by atoms with Gasteiger partial charge in [-0.1, -0.05) is 33.6 Å². The summed E-state index contributed by atoms with van der Waals surface area (Å²) in [6.07, 6.45) is 0. The molecule has 0 heterocycles. The van der Waals surface area contributed by atoms with E-state index in [2.05, 4.69) is 15.9 Å². The number of halogens is 2. The van der Waals surface area contributed by atoms with Gasteiger partial charge in [-0.3, -0.25) is 0 Å². The van der Waals surface area contributed by atoms with Crippen molar-refractivity contribution >= 4 is 37.6 Å². The minimum atomic E-state index is -3.41. The Morgan fingerprint density at radius 2 is 2.12 bits per heavy atom. The van der Waals surface area contributed by atoms with Crippen LogP contribution in [0.25, 0.3) is 0 Å². The fourth-order valence-electron chi connectivity index (χ4n) is 1.23. The molecular formula is C10H13BrClNO3S. The minimum absolute atomic E-state index is 0.0908. The van der Waals surface area contributed by atoms with Gasteiger partial charge < -0.3 is 5.11 Å². The zero-order valence-corrected chi connectivity index (χ0v) is 12.4. The van der Waals surface area contributed by atoms with E-state index in [1.165, 1.54) is 7.05 Å². The Balaban J connectivity index is 2.90. The quantitative estimate of drug-likeness (QED) is 0.888. The van der Waals surface area contributed by atoms with Gasteiger partial charge in [0.05, 0.1) is 12.4 Å². The van der Waals surface area contributed by atoms with Gasteiger partial charge in [0.25, 0.3) is 0 Å². The molecule has 0 fully saturated rings. The van der Waals surface area contributed by atoms with Gasteiger partial charge in [-0.05, 0) is 17.7 Å². The lowest BCUT2D eigenvalue weighted by atomic mass is 10.2. The van der Waals surface area contributed by atoms with Crippen LogP contribution in [-0.2, 0) is 15.8 Å². The zero-order valence-electron chi connectivity index (χ0n) is 9.23. The predicted octanol–water partition coefficient (Wildman–Crippen LogP) is 1.86. The van der Waals surface area contributed by atoms with Crippen molar-refractivity contribution in [3.05, 3.63) is 33.3 Å². The van der Waals surface area contributed by atoms with E-state index in [4.69, 9.17) is 16.7 Å². The fourth-order valence-corrected chi connectivity index (χ4v) is 3.46. The van der Waals surface area contributed by atoms with Crippen molar-refractivity contribution in [2.75, 3.05) is 20.2 Å². The average Bonchev–Trinajstić information content (AvgIpc) is 2.22. The number of nitrogens with zero attached hydrogens (tertiary/aromatic N) is 1. The Labute approximate surface area is 114 Å². The van der Waals surface area contributed by atoms with Crippen LogP contribution in [-0.4, -0.2) is 38.0 Å². The second-order valence-corrected chi connectivity index (χ2v) is 6.90. The molecule has 1 aromatic carbocycles. The monoisotopic (exact) mass is 341 g/mol. The summed E-state index contributed by atoms with van der Waals surface area (Å²) in [4.78, 5) is 0. The van der Waals surface area contributed by atoms with Gasteiger partial charge in [-0.15, -0.1) is 0 Å². The Bertz CT molecular complexity index is 492. The molecule has 0 aromatic heterocycles. The standard InChI is InChI=1S/C10H13BrClNO3S/c1-13(4-5-14)17(15,16)7-8-2-3-9(12)6-10(8)11/h2-3,6,14H,4-5,7H2,1H3. The summed E-state index contributed by atoms with van der Waals surface area (Å²) >= 11 is 9.05. The van der Waals surface area contributed by atoms with Crippen LogP contribution in [0.4, 0.5) is 0 Å². The number of aliphatic hydroxyl groups excluding tert-OH is 1. The molecule has 96 valence electrons. The van der Waals surface area contributed by atoms with Crippen molar-refractivity contribution in [3.8, 4) is 0 Å². The predicted molar refractivity (Wildman–Crippen MR) is 71.5 cm³/mol. The van der Waals surface area contributed by atoms with E-state index >= 15 is 0 Å². The number of rotatable bonds is 5. The Hall–Kier alpha value is -0.140. The Kier molecular flexibility index (Phi) is 5.40. The third kappa shape index (κ3) is 4.22. The third-order valence-electron chi connectivity index (χ3n) is 2.24. The molecule has 0 radical (unpaired) electrons. The van der Waals surface area contributed by atoms with Gasteiger partial charge in [0.1, 0.15) is 0 Å². The van der Waals surface area contributed by atoms with E-state index in [1.807, 2.05) is 0 Å². The summed E-state index contributed by atoms with van der Waals surface area (Å²) in [6, 6.07) is 4.96. The summed E-state index contributed by atoms with van der Waals surface area (Å²) in [5, 5.41) is 9.27. The maximum Gasteiger partial charge on any atom is 0.218 e. The van der Waals surface area contributed by atoms with Crippen molar-refractivity contribution in [1.29, 1.82) is 0 Å². The molecule has 1 N–H and O–H groups in total. The first-order valence-electron chi connectivity index (χ1n) is 4.85. The molecule has 4 nitrogen and oxygen atoms in total. The molecule has 0 bridgehead atoms. The normalized spacial score (nSPS) is 12.1. The van der Waals surface area contributed by atoms with Gasteiger partial charge in [-0.2, -0.15) is 0 Å². The molecule has 0 saturated carbocycles. The topological polar surface area (TPSA) is 57.6 Å². The number of likely N-dealkylation sites (N-methyl/N-ethyl adjacent to an activating group) is 1. The lowest BCUT2D eigenvalue weighted by Crippen LogP contribution is -2.30. The van der Waals surface area contributed by atoms with Crippen LogP contribution in [0.3, 0.4) is 0 Å². The van der Waals surface area contributed by atoms with E-state index < -0.39 is 10.0 Å². The SMILES string of the molecule is CN(CCO)S(=O)(=O)Cc1ccc(Cl)cc1Br. The molecule has 0 aliphatic rings. The largest absolute Gasteiger partial charge is 0.395 e. The second-order valence-electron chi connectivity index (χ2n) is 3.54. The third-order valence-corrected chi connectivity index (χ3v) is 5.02. The van der Waals surface area contributed by atoms with Crippen LogP contribution in [0.2, 0.25) is 5.02 Å². The van der Waals surface area contributed by atoms with Crippen LogP contribution in [0, 0.1) is 0 Å². The highest BCUT2D eigenvalue weighted by atomic mass is 79.9. The van der Waals surface area contributed by atoms with E-state index in [9.17, 15) is 8.42 Å². The van der Waals surface area contributed by atoms with Gasteiger partial charge >= 0.3 is 0 Å². The highest BCUT2D eigenvalue weighted by Crippen LogP contribution is 2.23. The molecule has 17 heavy (non-hydrogen) atoms. The van der Waals surface area contributed by atoms with Crippen LogP contribution in [0.1, 0.15) is 5.56 Å². The maximum absolute atomic E-state index is 11.9. The van der Waals surface area contributed by atoms with Crippen molar-refractivity contribution in [1.82, 2.24) is 4.31 Å². The van der Waals surface area contributed by atoms with Gasteiger partial charge in [0, 0.05) is 23.1 Å². The number of hydrogen-bond acceptors (Lipinski definition) is 3. The molecule has 0 unspecified atom stereocenters. The molecule has 1 rings (SSSR count). The first-order valence-corrected chi connectivity index (χ1v) is 7.63. The van der Waals surface area contributed by atoms with Crippen LogP contribution in [0.15, 0.2) is 22.7 Å². The molecule has 7 heteroatoms. The molecule has 0 aliphatic carbocycles. The number of benzene rings is 1. The summed E-state index contributed by atoms with van der Waals surface area (Å²) in [5.74, 6) is -0.124. The van der Waals surface area contributed by atoms with E-state index in [1.54, 1.807) is 18.2 Å². The first kappa shape index (κ1) is 14.9. The summed E-state index contributed by atoms with van der Waals surface area (Å²) in [7, 11) is -1.97. The average molecular weight is 343 g/mol. The Morgan fingerprint density at radius 1 is 1.47 bits per heavy atom. The maximum atomic E-state index is 11.9. The lowest BCUT2D eigenvalue weighted by Gasteiger charge is -2.16. The minimum Gasteiger partial charge on any atom is -0.395 e. The van der Waals surface area contributed by atoms with Crippen molar-refractivity contribution in [2.45, 2.75) is 5.75 Å². The van der Waals surface area contributed by atoms with Crippen LogP contribution < -0.4 is 0 Å². The van der Waals surface area contributed by atoms with Crippen molar-refractivity contribution in [3.63, 3.8) is 0 Å². The lowest BCUT2D eigenvalue weighted by molar-refractivity contribution is 0.266. The smallest absolute Gasteiger partial charge is 0.218 e. The zero-order chi connectivity index (χ0) is 13.1. The highest BCUT2D eigenvalue weighted by molar-refractivity contribution is 9.10. The van der Waals surface area contributed by atoms with Crippen LogP contribution >= 0.6 is 27.5 Å². The molecule has 0 spiro atoms. The fraction of sp³-hybridized carbons (Fsp3) is 0.400. The molecule has 0 saturated heterocycles. The van der Waals surface area contributed by atoms with Gasteiger partial charge in [0.2, 0.25) is 10.0 Å². The number of sulfonamides is 1. The van der Waals surface area contributed by atoms with Crippen molar-refractivity contribution < 1.29 is 13.5 Å². The Morgan fingerprint density at radius 3 is 2.65 bits per heavy atom. The van der Waals surface area contributed by atoms with E-state index in [0.717, 1.165) is 4.31 Å². The van der Waals surface area contributed by atoms with Crippen molar-refractivity contribution in [2.24, 2.45) is 0 Å². The number of aliphatic hydroxyl groups is 1. The highest BCUT2D eigenvalue weighted by Gasteiger charge is 2.19. The molecule has 0 atom stereocenters. The summed E-state index contributed by atoms with van der Waals surface area (Å²) in [6.45, 7) is -0.106. The molecule has 0 aliphatic heterocycles. The second kappa shape index (κ2) is 6.15. The van der Waals surface area contributed by atoms with Crippen LogP contribution in [0.5, 0.6) is 0 Å².